The largest absolute Gasteiger partial charge is 0.399 e. The van der Waals surface area contributed by atoms with Crippen LogP contribution >= 0.6 is 0 Å². The molecular formula is C15H17N3. The normalized spacial score (nSPS) is 13.6. The maximum Gasteiger partial charge on any atom is 0.128 e. The fraction of sp³-hybridized carbons (Fsp3) is 0.333. The summed E-state index contributed by atoms with van der Waals surface area (Å²) in [5.74, 6) is 0.965. The molecule has 1 aromatic carbocycles. The Morgan fingerprint density at radius 1 is 1.06 bits per heavy atom. The van der Waals surface area contributed by atoms with Gasteiger partial charge in [0.05, 0.1) is 0 Å². The third-order valence-electron chi connectivity index (χ3n) is 3.48. The van der Waals surface area contributed by atoms with Crippen molar-refractivity contribution in [3.8, 4) is 0 Å². The van der Waals surface area contributed by atoms with Crippen molar-refractivity contribution in [2.45, 2.75) is 32.1 Å². The standard InChI is InChI=1S/C15H17N3/c16-13-7-4-11(5-8-13)6-9-15-17-10-12-2-1-3-14(12)18-15/h4-5,7-8,10H,1-3,6,9,16H2. The van der Waals surface area contributed by atoms with Crippen molar-refractivity contribution in [2.24, 2.45) is 0 Å². The first-order chi connectivity index (χ1) is 8.81. The first-order valence-electron chi connectivity index (χ1n) is 6.49. The van der Waals surface area contributed by atoms with E-state index < -0.39 is 0 Å². The van der Waals surface area contributed by atoms with Gasteiger partial charge in [-0.25, -0.2) is 9.97 Å². The van der Waals surface area contributed by atoms with Crippen LogP contribution in [0.4, 0.5) is 5.69 Å². The number of nitrogen functional groups attached to an aromatic ring is 1. The average molecular weight is 239 g/mol. The van der Waals surface area contributed by atoms with Gasteiger partial charge in [0, 0.05) is 24.0 Å². The molecule has 0 unspecified atom stereocenters. The molecule has 0 amide bonds. The lowest BCUT2D eigenvalue weighted by Gasteiger charge is -2.04. The summed E-state index contributed by atoms with van der Waals surface area (Å²) in [6.07, 6.45) is 7.37. The van der Waals surface area contributed by atoms with Crippen LogP contribution in [0.1, 0.15) is 29.1 Å². The lowest BCUT2D eigenvalue weighted by Crippen LogP contribution is -2.01. The van der Waals surface area contributed by atoms with E-state index in [4.69, 9.17) is 5.73 Å². The number of aryl methyl sites for hydroxylation is 4. The number of fused-ring (bicyclic) bond motifs is 1. The maximum absolute atomic E-state index is 5.67. The van der Waals surface area contributed by atoms with Crippen molar-refractivity contribution in [3.63, 3.8) is 0 Å². The van der Waals surface area contributed by atoms with Crippen molar-refractivity contribution in [1.82, 2.24) is 9.97 Å². The number of hydrogen-bond donors (Lipinski definition) is 1. The highest BCUT2D eigenvalue weighted by Crippen LogP contribution is 2.19. The van der Waals surface area contributed by atoms with Crippen molar-refractivity contribution in [1.29, 1.82) is 0 Å². The molecular weight excluding hydrogens is 222 g/mol. The van der Waals surface area contributed by atoms with Gasteiger partial charge in [0.2, 0.25) is 0 Å². The first-order valence-corrected chi connectivity index (χ1v) is 6.49. The molecule has 2 N–H and O–H groups in total. The van der Waals surface area contributed by atoms with E-state index in [1.807, 2.05) is 18.3 Å². The summed E-state index contributed by atoms with van der Waals surface area (Å²) in [6.45, 7) is 0. The van der Waals surface area contributed by atoms with Gasteiger partial charge in [-0.05, 0) is 48.9 Å². The molecule has 1 aliphatic rings. The van der Waals surface area contributed by atoms with Crippen LogP contribution in [0.15, 0.2) is 30.5 Å². The number of aromatic nitrogens is 2. The molecule has 0 spiro atoms. The van der Waals surface area contributed by atoms with E-state index in [0.29, 0.717) is 0 Å². The monoisotopic (exact) mass is 239 g/mol. The Kier molecular flexibility index (Phi) is 2.97. The van der Waals surface area contributed by atoms with Crippen LogP contribution in [0, 0.1) is 0 Å². The van der Waals surface area contributed by atoms with E-state index in [2.05, 4.69) is 22.1 Å². The highest BCUT2D eigenvalue weighted by Gasteiger charge is 2.13. The molecule has 3 rings (SSSR count). The van der Waals surface area contributed by atoms with E-state index in [9.17, 15) is 0 Å². The summed E-state index contributed by atoms with van der Waals surface area (Å²) < 4.78 is 0. The van der Waals surface area contributed by atoms with Crippen LogP contribution in [0.2, 0.25) is 0 Å². The minimum Gasteiger partial charge on any atom is -0.399 e. The highest BCUT2D eigenvalue weighted by atomic mass is 14.9. The third-order valence-corrected chi connectivity index (χ3v) is 3.48. The van der Waals surface area contributed by atoms with Crippen molar-refractivity contribution < 1.29 is 0 Å². The molecule has 0 saturated heterocycles. The molecule has 0 aliphatic heterocycles. The Balaban J connectivity index is 1.68. The van der Waals surface area contributed by atoms with Gasteiger partial charge in [0.15, 0.2) is 0 Å². The summed E-state index contributed by atoms with van der Waals surface area (Å²) in [7, 11) is 0. The predicted octanol–water partition coefficient (Wildman–Crippen LogP) is 2.33. The quantitative estimate of drug-likeness (QED) is 0.836. The molecule has 0 bridgehead atoms. The Hall–Kier alpha value is -1.90. The lowest BCUT2D eigenvalue weighted by atomic mass is 10.1. The average Bonchev–Trinajstić information content (AvgIpc) is 2.85. The Morgan fingerprint density at radius 3 is 2.72 bits per heavy atom. The SMILES string of the molecule is Nc1ccc(CCc2ncc3c(n2)CCC3)cc1. The van der Waals surface area contributed by atoms with Gasteiger partial charge < -0.3 is 5.73 Å². The summed E-state index contributed by atoms with van der Waals surface area (Å²) in [6, 6.07) is 8.03. The smallest absolute Gasteiger partial charge is 0.128 e. The van der Waals surface area contributed by atoms with Crippen LogP contribution in [0.5, 0.6) is 0 Å². The summed E-state index contributed by atoms with van der Waals surface area (Å²) in [4.78, 5) is 9.10. The molecule has 0 fully saturated rings. The van der Waals surface area contributed by atoms with Crippen molar-refractivity contribution in [3.05, 3.63) is 53.1 Å². The van der Waals surface area contributed by atoms with E-state index in [1.165, 1.54) is 23.2 Å². The Labute approximate surface area is 107 Å². The molecule has 0 atom stereocenters. The summed E-state index contributed by atoms with van der Waals surface area (Å²) in [5, 5.41) is 0. The molecule has 1 aromatic heterocycles. The minimum absolute atomic E-state index is 0.813. The van der Waals surface area contributed by atoms with Crippen LogP contribution in [0.3, 0.4) is 0 Å². The van der Waals surface area contributed by atoms with Crippen LogP contribution in [-0.4, -0.2) is 9.97 Å². The van der Waals surface area contributed by atoms with Crippen LogP contribution in [0.25, 0.3) is 0 Å². The highest BCUT2D eigenvalue weighted by molar-refractivity contribution is 5.39. The molecule has 1 aliphatic carbocycles. The zero-order valence-electron chi connectivity index (χ0n) is 10.4. The molecule has 18 heavy (non-hydrogen) atoms. The van der Waals surface area contributed by atoms with Gasteiger partial charge >= 0.3 is 0 Å². The molecule has 92 valence electrons. The minimum atomic E-state index is 0.813. The zero-order valence-corrected chi connectivity index (χ0v) is 10.4. The number of hydrogen-bond acceptors (Lipinski definition) is 3. The molecule has 1 heterocycles. The lowest BCUT2D eigenvalue weighted by molar-refractivity contribution is 0.833. The van der Waals surface area contributed by atoms with E-state index in [0.717, 1.165) is 37.2 Å². The van der Waals surface area contributed by atoms with Gasteiger partial charge in [-0.3, -0.25) is 0 Å². The first kappa shape index (κ1) is 11.2. The topological polar surface area (TPSA) is 51.8 Å². The molecule has 0 radical (unpaired) electrons. The Bertz CT molecular complexity index is 546. The van der Waals surface area contributed by atoms with Gasteiger partial charge in [0.1, 0.15) is 5.82 Å². The molecule has 2 aromatic rings. The van der Waals surface area contributed by atoms with E-state index in [-0.39, 0.29) is 0 Å². The fourth-order valence-electron chi connectivity index (χ4n) is 2.42. The number of nitrogens with zero attached hydrogens (tertiary/aromatic N) is 2. The summed E-state index contributed by atoms with van der Waals surface area (Å²) >= 11 is 0. The second-order valence-corrected chi connectivity index (χ2v) is 4.85. The number of benzene rings is 1. The van der Waals surface area contributed by atoms with Crippen molar-refractivity contribution in [2.75, 3.05) is 5.73 Å². The molecule has 0 saturated carbocycles. The number of rotatable bonds is 3. The van der Waals surface area contributed by atoms with Gasteiger partial charge in [0.25, 0.3) is 0 Å². The van der Waals surface area contributed by atoms with Gasteiger partial charge in [-0.2, -0.15) is 0 Å². The van der Waals surface area contributed by atoms with Crippen LogP contribution < -0.4 is 5.73 Å². The predicted molar refractivity (Wildman–Crippen MR) is 72.3 cm³/mol. The maximum atomic E-state index is 5.67. The van der Waals surface area contributed by atoms with E-state index in [1.54, 1.807) is 0 Å². The van der Waals surface area contributed by atoms with Crippen molar-refractivity contribution >= 4 is 5.69 Å². The van der Waals surface area contributed by atoms with Crippen LogP contribution in [-0.2, 0) is 25.7 Å². The summed E-state index contributed by atoms with van der Waals surface area (Å²) in [5.41, 5.74) is 10.4. The van der Waals surface area contributed by atoms with Gasteiger partial charge in [-0.15, -0.1) is 0 Å². The molecule has 3 heteroatoms. The number of anilines is 1. The zero-order chi connectivity index (χ0) is 12.4. The third kappa shape index (κ3) is 2.35. The second kappa shape index (κ2) is 4.77. The fourth-order valence-corrected chi connectivity index (χ4v) is 2.42. The number of nitrogens with two attached hydrogens (primary N) is 1. The molecule has 3 nitrogen and oxygen atoms in total. The van der Waals surface area contributed by atoms with E-state index >= 15 is 0 Å². The second-order valence-electron chi connectivity index (χ2n) is 4.85. The Morgan fingerprint density at radius 2 is 1.89 bits per heavy atom. The van der Waals surface area contributed by atoms with Gasteiger partial charge in [-0.1, -0.05) is 12.1 Å².